The first kappa shape index (κ1) is 15.5. The van der Waals surface area contributed by atoms with E-state index in [0.29, 0.717) is 6.04 Å². The van der Waals surface area contributed by atoms with Crippen LogP contribution in [0.25, 0.3) is 0 Å². The van der Waals surface area contributed by atoms with E-state index in [0.717, 1.165) is 6.42 Å². The van der Waals surface area contributed by atoms with Gasteiger partial charge in [-0.2, -0.15) is 0 Å². The highest BCUT2D eigenvalue weighted by Crippen LogP contribution is 2.29. The molecule has 0 aromatic heterocycles. The summed E-state index contributed by atoms with van der Waals surface area (Å²) in [7, 11) is 2.11. The molecule has 1 aromatic carbocycles. The van der Waals surface area contributed by atoms with Gasteiger partial charge in [0.1, 0.15) is 0 Å². The molecule has 0 amide bonds. The number of nitrogens with one attached hydrogen (secondary N) is 1. The summed E-state index contributed by atoms with van der Waals surface area (Å²) in [5, 5.41) is 3.59. The zero-order chi connectivity index (χ0) is 14.6. The van der Waals surface area contributed by atoms with Crippen molar-refractivity contribution in [2.75, 3.05) is 20.1 Å². The van der Waals surface area contributed by atoms with Gasteiger partial charge in [0.15, 0.2) is 0 Å². The van der Waals surface area contributed by atoms with Crippen LogP contribution < -0.4 is 5.32 Å². The van der Waals surface area contributed by atoms with Gasteiger partial charge in [0.25, 0.3) is 0 Å². The number of benzene rings is 1. The third-order valence-electron chi connectivity index (χ3n) is 5.20. The summed E-state index contributed by atoms with van der Waals surface area (Å²) in [6.07, 6.45) is 5.02. The highest BCUT2D eigenvalue weighted by molar-refractivity contribution is 5.23. The van der Waals surface area contributed by atoms with Crippen LogP contribution in [0.15, 0.2) is 24.3 Å². The van der Waals surface area contributed by atoms with Gasteiger partial charge in [-0.25, -0.2) is 0 Å². The van der Waals surface area contributed by atoms with Crippen molar-refractivity contribution in [3.05, 3.63) is 35.4 Å². The minimum absolute atomic E-state index is 0.260. The maximum absolute atomic E-state index is 3.59. The van der Waals surface area contributed by atoms with Gasteiger partial charge >= 0.3 is 0 Å². The average Bonchev–Trinajstić information content (AvgIpc) is 3.00. The minimum atomic E-state index is 0.260. The Labute approximate surface area is 124 Å². The molecule has 1 aromatic rings. The van der Waals surface area contributed by atoms with Crippen LogP contribution in [0.5, 0.6) is 0 Å². The van der Waals surface area contributed by atoms with Gasteiger partial charge in [-0.1, -0.05) is 36.8 Å². The monoisotopic (exact) mass is 274 g/mol. The highest BCUT2D eigenvalue weighted by Gasteiger charge is 2.38. The van der Waals surface area contributed by atoms with Gasteiger partial charge in [0, 0.05) is 11.6 Å². The van der Waals surface area contributed by atoms with E-state index in [1.165, 1.54) is 43.5 Å². The molecule has 0 bridgehead atoms. The molecule has 1 heterocycles. The summed E-state index contributed by atoms with van der Waals surface area (Å²) < 4.78 is 0. The molecule has 0 spiro atoms. The van der Waals surface area contributed by atoms with E-state index in [4.69, 9.17) is 0 Å². The molecule has 0 aliphatic carbocycles. The van der Waals surface area contributed by atoms with Gasteiger partial charge in [-0.3, -0.25) is 4.90 Å². The Morgan fingerprint density at radius 3 is 2.30 bits per heavy atom. The third kappa shape index (κ3) is 3.24. The molecule has 1 saturated heterocycles. The zero-order valence-electron chi connectivity index (χ0n) is 13.6. The average molecular weight is 274 g/mol. The molecule has 1 fully saturated rings. The molecule has 2 nitrogen and oxygen atoms in total. The summed E-state index contributed by atoms with van der Waals surface area (Å²) in [5.74, 6) is 0. The maximum atomic E-state index is 3.59. The van der Waals surface area contributed by atoms with Crippen molar-refractivity contribution < 1.29 is 0 Å². The first-order valence-electron chi connectivity index (χ1n) is 8.08. The van der Waals surface area contributed by atoms with Gasteiger partial charge in [-0.05, 0) is 65.2 Å². The topological polar surface area (TPSA) is 15.3 Å². The summed E-state index contributed by atoms with van der Waals surface area (Å²) >= 11 is 0. The quantitative estimate of drug-likeness (QED) is 0.855. The van der Waals surface area contributed by atoms with E-state index in [-0.39, 0.29) is 5.54 Å². The van der Waals surface area contributed by atoms with Gasteiger partial charge in [0.2, 0.25) is 0 Å². The summed E-state index contributed by atoms with van der Waals surface area (Å²) in [4.78, 5) is 2.70. The smallest absolute Gasteiger partial charge is 0.0334 e. The fraction of sp³-hybridized carbons (Fsp3) is 0.667. The van der Waals surface area contributed by atoms with Crippen LogP contribution in [0.3, 0.4) is 0 Å². The van der Waals surface area contributed by atoms with E-state index in [2.05, 4.69) is 62.3 Å². The number of aryl methyl sites for hydroxylation is 1. The van der Waals surface area contributed by atoms with Crippen molar-refractivity contribution in [2.45, 2.75) is 58.0 Å². The van der Waals surface area contributed by atoms with E-state index in [1.807, 2.05) is 0 Å². The number of likely N-dealkylation sites (N-methyl/N-ethyl adjacent to an activating group) is 1. The molecule has 2 unspecified atom stereocenters. The second kappa shape index (κ2) is 6.73. The molecule has 112 valence electrons. The van der Waals surface area contributed by atoms with Crippen LogP contribution in [0.1, 0.15) is 44.2 Å². The van der Waals surface area contributed by atoms with Gasteiger partial charge < -0.3 is 5.32 Å². The minimum Gasteiger partial charge on any atom is -0.315 e. The van der Waals surface area contributed by atoms with Crippen molar-refractivity contribution in [3.8, 4) is 0 Å². The number of hydrogen-bond donors (Lipinski definition) is 1. The largest absolute Gasteiger partial charge is 0.315 e. The first-order valence-corrected chi connectivity index (χ1v) is 8.08. The fourth-order valence-corrected chi connectivity index (χ4v) is 3.51. The highest BCUT2D eigenvalue weighted by atomic mass is 15.2. The number of hydrogen-bond acceptors (Lipinski definition) is 2. The molecule has 2 atom stereocenters. The van der Waals surface area contributed by atoms with Crippen molar-refractivity contribution >= 4 is 0 Å². The van der Waals surface area contributed by atoms with Crippen LogP contribution in [0, 0.1) is 6.92 Å². The Morgan fingerprint density at radius 2 is 1.80 bits per heavy atom. The van der Waals surface area contributed by atoms with E-state index in [1.54, 1.807) is 0 Å². The second-order valence-electron chi connectivity index (χ2n) is 6.44. The lowest BCUT2D eigenvalue weighted by Crippen LogP contribution is -2.58. The Morgan fingerprint density at radius 1 is 1.20 bits per heavy atom. The van der Waals surface area contributed by atoms with Crippen molar-refractivity contribution in [2.24, 2.45) is 0 Å². The summed E-state index contributed by atoms with van der Waals surface area (Å²) in [6, 6.07) is 9.51. The maximum Gasteiger partial charge on any atom is 0.0334 e. The summed E-state index contributed by atoms with van der Waals surface area (Å²) in [5.41, 5.74) is 3.04. The SMILES string of the molecule is CCC(C)(C(Cc1ccc(C)cc1)NC)N1CCCC1. The second-order valence-corrected chi connectivity index (χ2v) is 6.44. The van der Waals surface area contributed by atoms with Crippen LogP contribution >= 0.6 is 0 Å². The van der Waals surface area contributed by atoms with Gasteiger partial charge in [-0.15, -0.1) is 0 Å². The predicted octanol–water partition coefficient (Wildman–Crippen LogP) is 3.39. The van der Waals surface area contributed by atoms with E-state index < -0.39 is 0 Å². The normalized spacial score (nSPS) is 20.8. The van der Waals surface area contributed by atoms with Crippen LogP contribution in [-0.2, 0) is 6.42 Å². The Hall–Kier alpha value is -0.860. The predicted molar refractivity (Wildman–Crippen MR) is 87.2 cm³/mol. The fourth-order valence-electron chi connectivity index (χ4n) is 3.51. The number of likely N-dealkylation sites (tertiary alicyclic amines) is 1. The lowest BCUT2D eigenvalue weighted by atomic mass is 9.83. The first-order chi connectivity index (χ1) is 9.60. The number of rotatable bonds is 6. The van der Waals surface area contributed by atoms with Crippen molar-refractivity contribution in [1.29, 1.82) is 0 Å². The molecule has 0 radical (unpaired) electrons. The molecule has 2 rings (SSSR count). The third-order valence-corrected chi connectivity index (χ3v) is 5.20. The number of nitrogens with zero attached hydrogens (tertiary/aromatic N) is 1. The Bertz CT molecular complexity index is 406. The van der Waals surface area contributed by atoms with Crippen molar-refractivity contribution in [1.82, 2.24) is 10.2 Å². The van der Waals surface area contributed by atoms with E-state index >= 15 is 0 Å². The lowest BCUT2D eigenvalue weighted by Gasteiger charge is -2.44. The van der Waals surface area contributed by atoms with Crippen molar-refractivity contribution in [3.63, 3.8) is 0 Å². The van der Waals surface area contributed by atoms with Crippen LogP contribution in [0.2, 0.25) is 0 Å². The molecule has 1 N–H and O–H groups in total. The van der Waals surface area contributed by atoms with Crippen LogP contribution in [-0.4, -0.2) is 36.6 Å². The van der Waals surface area contributed by atoms with Gasteiger partial charge in [0.05, 0.1) is 0 Å². The Balaban J connectivity index is 2.14. The zero-order valence-corrected chi connectivity index (χ0v) is 13.6. The standard InChI is InChI=1S/C18H30N2/c1-5-18(3,20-12-6-7-13-20)17(19-4)14-16-10-8-15(2)9-11-16/h8-11,17,19H,5-7,12-14H2,1-4H3. The molecule has 1 aliphatic rings. The molecule has 20 heavy (non-hydrogen) atoms. The lowest BCUT2D eigenvalue weighted by molar-refractivity contribution is 0.0873. The molecule has 0 saturated carbocycles. The molecule has 2 heteroatoms. The molecular formula is C18H30N2. The summed E-state index contributed by atoms with van der Waals surface area (Å²) in [6.45, 7) is 9.44. The van der Waals surface area contributed by atoms with Crippen LogP contribution in [0.4, 0.5) is 0 Å². The molecule has 1 aliphatic heterocycles. The van der Waals surface area contributed by atoms with E-state index in [9.17, 15) is 0 Å². The molecular weight excluding hydrogens is 244 g/mol. The Kier molecular flexibility index (Phi) is 5.22.